The smallest absolute Gasteiger partial charge is 0.251 e. The Balaban J connectivity index is 1.38. The average Bonchev–Trinajstić information content (AvgIpc) is 2.90. The molecule has 2 atom stereocenters. The minimum atomic E-state index is -0.766. The second-order valence-electron chi connectivity index (χ2n) is 11.3. The first-order valence-electron chi connectivity index (χ1n) is 13.1. The minimum Gasteiger partial charge on any atom is -0.489 e. The van der Waals surface area contributed by atoms with Crippen molar-refractivity contribution in [1.82, 2.24) is 20.7 Å². The Morgan fingerprint density at radius 1 is 1.10 bits per heavy atom. The summed E-state index contributed by atoms with van der Waals surface area (Å²) in [5.74, 6) is -1.16. The van der Waals surface area contributed by atoms with E-state index in [9.17, 15) is 19.6 Å². The lowest BCUT2D eigenvalue weighted by Gasteiger charge is -2.38. The first kappa shape index (κ1) is 28.0. The Kier molecular flexibility index (Phi) is 8.50. The summed E-state index contributed by atoms with van der Waals surface area (Å²) >= 11 is 0. The number of ether oxygens (including phenoxy) is 1. The summed E-state index contributed by atoms with van der Waals surface area (Å²) in [5, 5.41) is 13.2. The number of pyridine rings is 1. The van der Waals surface area contributed by atoms with E-state index in [2.05, 4.69) is 10.3 Å². The van der Waals surface area contributed by atoms with Gasteiger partial charge in [0.2, 0.25) is 11.8 Å². The van der Waals surface area contributed by atoms with E-state index in [1.165, 1.54) is 0 Å². The molecule has 1 fully saturated rings. The fourth-order valence-electron chi connectivity index (χ4n) is 4.89. The number of rotatable bonds is 7. The minimum absolute atomic E-state index is 0.0477. The Labute approximate surface area is 228 Å². The van der Waals surface area contributed by atoms with Crippen LogP contribution in [-0.4, -0.2) is 51.9 Å². The van der Waals surface area contributed by atoms with Crippen LogP contribution in [-0.2, 0) is 16.2 Å². The van der Waals surface area contributed by atoms with Crippen molar-refractivity contribution in [3.8, 4) is 5.75 Å². The van der Waals surface area contributed by atoms with Crippen molar-refractivity contribution in [3.63, 3.8) is 0 Å². The second kappa shape index (κ2) is 11.8. The maximum absolute atomic E-state index is 13.0. The number of aryl methyl sites for hydroxylation is 1. The molecule has 0 saturated carbocycles. The maximum Gasteiger partial charge on any atom is 0.251 e. The predicted molar refractivity (Wildman–Crippen MR) is 147 cm³/mol. The number of carbonyl (C=O) groups excluding carboxylic acids is 3. The van der Waals surface area contributed by atoms with Crippen molar-refractivity contribution in [2.24, 2.45) is 11.3 Å². The van der Waals surface area contributed by atoms with Crippen LogP contribution in [0, 0.1) is 18.3 Å². The van der Waals surface area contributed by atoms with Gasteiger partial charge in [-0.3, -0.25) is 24.6 Å². The molecule has 1 saturated heterocycles. The van der Waals surface area contributed by atoms with Gasteiger partial charge in [-0.15, -0.1) is 0 Å². The van der Waals surface area contributed by atoms with Gasteiger partial charge in [0.25, 0.3) is 5.91 Å². The van der Waals surface area contributed by atoms with Gasteiger partial charge in [0.1, 0.15) is 12.4 Å². The van der Waals surface area contributed by atoms with Crippen molar-refractivity contribution < 1.29 is 24.3 Å². The third kappa shape index (κ3) is 7.11. The molecule has 0 aliphatic carbocycles. The summed E-state index contributed by atoms with van der Waals surface area (Å²) in [4.78, 5) is 44.3. The molecule has 2 heterocycles. The highest BCUT2D eigenvalue weighted by atomic mass is 16.5. The second-order valence-corrected chi connectivity index (χ2v) is 11.3. The number of benzene rings is 2. The molecule has 39 heavy (non-hydrogen) atoms. The Morgan fingerprint density at radius 3 is 2.51 bits per heavy atom. The Bertz CT molecular complexity index is 1350. The van der Waals surface area contributed by atoms with Gasteiger partial charge in [-0.2, -0.15) is 0 Å². The molecule has 1 aliphatic heterocycles. The Morgan fingerprint density at radius 2 is 1.82 bits per heavy atom. The van der Waals surface area contributed by atoms with Crippen LogP contribution >= 0.6 is 0 Å². The number of nitrogens with one attached hydrogen (secondary N) is 2. The predicted octanol–water partition coefficient (Wildman–Crippen LogP) is 4.01. The monoisotopic (exact) mass is 532 g/mol. The molecule has 3 amide bonds. The molecule has 0 bridgehead atoms. The van der Waals surface area contributed by atoms with E-state index in [4.69, 9.17) is 4.74 Å². The zero-order valence-electron chi connectivity index (χ0n) is 22.9. The summed E-state index contributed by atoms with van der Waals surface area (Å²) in [7, 11) is 0. The molecule has 1 aromatic heterocycles. The number of hydrogen-bond acceptors (Lipinski definition) is 6. The van der Waals surface area contributed by atoms with Gasteiger partial charge in [0.05, 0.1) is 11.4 Å². The van der Waals surface area contributed by atoms with Crippen molar-refractivity contribution in [2.75, 3.05) is 13.1 Å². The molecule has 2 unspecified atom stereocenters. The highest BCUT2D eigenvalue weighted by Crippen LogP contribution is 2.25. The third-order valence-electron chi connectivity index (χ3n) is 6.85. The number of nitrogens with zero attached hydrogens (tertiary/aromatic N) is 2. The molecule has 2 aromatic carbocycles. The van der Waals surface area contributed by atoms with Crippen molar-refractivity contribution >= 4 is 28.6 Å². The van der Waals surface area contributed by atoms with Gasteiger partial charge in [0.15, 0.2) is 0 Å². The van der Waals surface area contributed by atoms with Crippen LogP contribution in [0.5, 0.6) is 5.75 Å². The van der Waals surface area contributed by atoms with Crippen molar-refractivity contribution in [1.29, 1.82) is 0 Å². The fraction of sp³-hybridized carbons (Fsp3) is 0.400. The van der Waals surface area contributed by atoms with E-state index in [1.54, 1.807) is 34.6 Å². The summed E-state index contributed by atoms with van der Waals surface area (Å²) in [6.45, 7) is 8.80. The van der Waals surface area contributed by atoms with Crippen LogP contribution in [0.4, 0.5) is 0 Å². The van der Waals surface area contributed by atoms with E-state index in [0.29, 0.717) is 37.3 Å². The zero-order chi connectivity index (χ0) is 28.2. The standard InChI is InChI=1S/C30H36N4O5/c1-19-15-21(23-7-5-6-8-25(23)31-19)18-39-22-11-9-20(10-12-22)28(36)32-26-13-14-34(17-24(26)29(37)33-38)27(35)16-30(2,3)4/h5-12,15,24,26,38H,13-14,16-18H2,1-4H3,(H,32,36)(H,33,37). The quantitative estimate of drug-likeness (QED) is 0.312. The van der Waals surface area contributed by atoms with Gasteiger partial charge >= 0.3 is 0 Å². The average molecular weight is 533 g/mol. The zero-order valence-corrected chi connectivity index (χ0v) is 22.9. The number of amides is 3. The number of carbonyl (C=O) groups is 3. The van der Waals surface area contributed by atoms with Gasteiger partial charge in [0, 0.05) is 47.8 Å². The summed E-state index contributed by atoms with van der Waals surface area (Å²) in [6.07, 6.45) is 0.753. The lowest BCUT2D eigenvalue weighted by molar-refractivity contribution is -0.141. The molecule has 4 rings (SSSR count). The molecular formula is C30H36N4O5. The van der Waals surface area contributed by atoms with Gasteiger partial charge in [-0.05, 0) is 55.2 Å². The molecule has 3 N–H and O–H groups in total. The van der Waals surface area contributed by atoms with E-state index in [-0.39, 0.29) is 23.8 Å². The topological polar surface area (TPSA) is 121 Å². The van der Waals surface area contributed by atoms with Crippen LogP contribution in [0.15, 0.2) is 54.6 Å². The van der Waals surface area contributed by atoms with Crippen molar-refractivity contribution in [2.45, 2.75) is 53.2 Å². The first-order chi connectivity index (χ1) is 18.5. The molecular weight excluding hydrogens is 496 g/mol. The van der Waals surface area contributed by atoms with Crippen LogP contribution in [0.1, 0.15) is 55.2 Å². The van der Waals surface area contributed by atoms with Crippen LogP contribution in [0.25, 0.3) is 10.9 Å². The molecule has 0 spiro atoms. The summed E-state index contributed by atoms with van der Waals surface area (Å²) in [6, 6.07) is 16.2. The molecule has 0 radical (unpaired) electrons. The van der Waals surface area contributed by atoms with E-state index < -0.39 is 17.9 Å². The largest absolute Gasteiger partial charge is 0.489 e. The highest BCUT2D eigenvalue weighted by Gasteiger charge is 2.37. The summed E-state index contributed by atoms with van der Waals surface area (Å²) in [5.41, 5.74) is 4.78. The SMILES string of the molecule is Cc1cc(COc2ccc(C(=O)NC3CCN(C(=O)CC(C)(C)C)CC3C(=O)NO)cc2)c2ccccc2n1. The molecule has 206 valence electrons. The summed E-state index contributed by atoms with van der Waals surface area (Å²) < 4.78 is 5.99. The third-order valence-corrected chi connectivity index (χ3v) is 6.85. The van der Waals surface area contributed by atoms with Crippen LogP contribution < -0.4 is 15.5 Å². The number of piperidine rings is 1. The first-order valence-corrected chi connectivity index (χ1v) is 13.1. The normalized spacial score (nSPS) is 17.5. The lowest BCUT2D eigenvalue weighted by Crippen LogP contribution is -2.56. The lowest BCUT2D eigenvalue weighted by atomic mass is 9.88. The van der Waals surface area contributed by atoms with E-state index in [1.807, 2.05) is 58.0 Å². The van der Waals surface area contributed by atoms with E-state index in [0.717, 1.165) is 22.2 Å². The number of para-hydroxylation sites is 1. The number of aromatic nitrogens is 1. The number of likely N-dealkylation sites (tertiary alicyclic amines) is 1. The Hall–Kier alpha value is -3.98. The van der Waals surface area contributed by atoms with Crippen LogP contribution in [0.3, 0.4) is 0 Å². The highest BCUT2D eigenvalue weighted by molar-refractivity contribution is 5.95. The van der Waals surface area contributed by atoms with Crippen molar-refractivity contribution in [3.05, 3.63) is 71.4 Å². The van der Waals surface area contributed by atoms with Gasteiger partial charge in [-0.1, -0.05) is 39.0 Å². The van der Waals surface area contributed by atoms with Gasteiger partial charge in [-0.25, -0.2) is 5.48 Å². The fourth-order valence-corrected chi connectivity index (χ4v) is 4.89. The maximum atomic E-state index is 13.0. The molecule has 1 aliphatic rings. The molecule has 9 nitrogen and oxygen atoms in total. The van der Waals surface area contributed by atoms with Crippen LogP contribution in [0.2, 0.25) is 0 Å². The number of fused-ring (bicyclic) bond motifs is 1. The number of hydroxylamine groups is 1. The van der Waals surface area contributed by atoms with Gasteiger partial charge < -0.3 is 15.0 Å². The van der Waals surface area contributed by atoms with E-state index >= 15 is 0 Å². The number of hydrogen-bond donors (Lipinski definition) is 3. The molecule has 3 aromatic rings. The molecule has 9 heteroatoms.